The van der Waals surface area contributed by atoms with E-state index in [0.29, 0.717) is 0 Å². The topological polar surface area (TPSA) is 6.48 Å². The van der Waals surface area contributed by atoms with Gasteiger partial charge >= 0.3 is 0 Å². The van der Waals surface area contributed by atoms with Crippen LogP contribution in [0.15, 0.2) is 0 Å². The molecule has 1 aliphatic heterocycles. The lowest BCUT2D eigenvalue weighted by atomic mass is 10.3. The van der Waals surface area contributed by atoms with Crippen molar-refractivity contribution >= 4 is 0 Å². The Morgan fingerprint density at radius 3 is 2.18 bits per heavy atom. The van der Waals surface area contributed by atoms with E-state index in [9.17, 15) is 0 Å². The summed E-state index contributed by atoms with van der Waals surface area (Å²) in [5.74, 6) is 2.01. The van der Waals surface area contributed by atoms with Crippen molar-refractivity contribution < 1.29 is 0 Å². The maximum absolute atomic E-state index is 2.56. The van der Waals surface area contributed by atoms with Crippen LogP contribution in [-0.2, 0) is 0 Å². The highest BCUT2D eigenvalue weighted by Gasteiger charge is 2.56. The van der Waals surface area contributed by atoms with Crippen LogP contribution in [0.2, 0.25) is 0 Å². The van der Waals surface area contributed by atoms with E-state index in [0.717, 1.165) is 17.9 Å². The number of piperidine rings is 1. The average molecular weight is 154 g/mol. The van der Waals surface area contributed by atoms with Crippen LogP contribution in [0, 0.1) is 11.8 Å². The van der Waals surface area contributed by atoms with Crippen LogP contribution in [0.1, 0.15) is 6.92 Å². The zero-order chi connectivity index (χ0) is 8.01. The monoisotopic (exact) mass is 154 g/mol. The predicted molar refractivity (Wildman–Crippen MR) is 46.6 cm³/mol. The molecule has 0 aromatic rings. The molecule has 2 aliphatic rings. The van der Waals surface area contributed by atoms with Crippen LogP contribution in [0.4, 0.5) is 0 Å². The summed E-state index contributed by atoms with van der Waals surface area (Å²) in [6.45, 7) is 6.20. The smallest absolute Gasteiger partial charge is 0.0177 e. The second-order valence-electron chi connectivity index (χ2n) is 4.13. The number of hydrogen-bond acceptors (Lipinski definition) is 2. The van der Waals surface area contributed by atoms with E-state index in [2.05, 4.69) is 30.8 Å². The molecule has 2 fully saturated rings. The van der Waals surface area contributed by atoms with Gasteiger partial charge in [-0.15, -0.1) is 0 Å². The number of rotatable bonds is 2. The van der Waals surface area contributed by atoms with Crippen molar-refractivity contribution in [3.63, 3.8) is 0 Å². The van der Waals surface area contributed by atoms with Gasteiger partial charge in [-0.25, -0.2) is 0 Å². The SMILES string of the molecule is CCN1CC2C(C1)C2N(C)C. The molecule has 0 aromatic heterocycles. The Morgan fingerprint density at radius 2 is 1.82 bits per heavy atom. The van der Waals surface area contributed by atoms with E-state index in [1.54, 1.807) is 0 Å². The first-order valence-electron chi connectivity index (χ1n) is 4.62. The standard InChI is InChI=1S/C9H18N2/c1-4-11-5-7-8(6-11)9(7)10(2)3/h7-9H,4-6H2,1-3H3. The molecule has 2 atom stereocenters. The second kappa shape index (κ2) is 2.46. The maximum Gasteiger partial charge on any atom is 0.0177 e. The van der Waals surface area contributed by atoms with E-state index < -0.39 is 0 Å². The molecule has 0 amide bonds. The Kier molecular flexibility index (Phi) is 1.69. The van der Waals surface area contributed by atoms with Gasteiger partial charge in [-0.3, -0.25) is 0 Å². The summed E-state index contributed by atoms with van der Waals surface area (Å²) in [4.78, 5) is 4.96. The fraction of sp³-hybridized carbons (Fsp3) is 1.00. The van der Waals surface area contributed by atoms with Crippen LogP contribution in [0.25, 0.3) is 0 Å². The minimum Gasteiger partial charge on any atom is -0.306 e. The van der Waals surface area contributed by atoms with Gasteiger partial charge in [0.05, 0.1) is 0 Å². The summed E-state index contributed by atoms with van der Waals surface area (Å²) in [5, 5.41) is 0. The van der Waals surface area contributed by atoms with Crippen molar-refractivity contribution in [1.82, 2.24) is 9.80 Å². The number of likely N-dealkylation sites (tertiary alicyclic amines) is 1. The van der Waals surface area contributed by atoms with Gasteiger partial charge in [0.25, 0.3) is 0 Å². The van der Waals surface area contributed by atoms with Crippen LogP contribution in [0.3, 0.4) is 0 Å². The van der Waals surface area contributed by atoms with Crippen molar-refractivity contribution in [2.24, 2.45) is 11.8 Å². The summed E-state index contributed by atoms with van der Waals surface area (Å²) in [6, 6.07) is 0.915. The molecule has 0 N–H and O–H groups in total. The minimum absolute atomic E-state index is 0.915. The number of hydrogen-bond donors (Lipinski definition) is 0. The van der Waals surface area contributed by atoms with Gasteiger partial charge in [0, 0.05) is 19.1 Å². The van der Waals surface area contributed by atoms with E-state index in [-0.39, 0.29) is 0 Å². The summed E-state index contributed by atoms with van der Waals surface area (Å²) in [7, 11) is 4.42. The summed E-state index contributed by atoms with van der Waals surface area (Å²) in [6.07, 6.45) is 0. The van der Waals surface area contributed by atoms with Gasteiger partial charge < -0.3 is 9.80 Å². The highest BCUT2D eigenvalue weighted by atomic mass is 15.3. The van der Waals surface area contributed by atoms with Crippen molar-refractivity contribution in [1.29, 1.82) is 0 Å². The highest BCUT2D eigenvalue weighted by Crippen LogP contribution is 2.47. The molecule has 2 nitrogen and oxygen atoms in total. The quantitative estimate of drug-likeness (QED) is 0.571. The van der Waals surface area contributed by atoms with E-state index in [1.165, 1.54) is 19.6 Å². The molecular formula is C9H18N2. The van der Waals surface area contributed by atoms with E-state index >= 15 is 0 Å². The normalized spacial score (nSPS) is 43.1. The van der Waals surface area contributed by atoms with Crippen LogP contribution >= 0.6 is 0 Å². The molecule has 0 spiro atoms. The number of nitrogens with zero attached hydrogens (tertiary/aromatic N) is 2. The molecule has 11 heavy (non-hydrogen) atoms. The van der Waals surface area contributed by atoms with Crippen LogP contribution in [0.5, 0.6) is 0 Å². The summed E-state index contributed by atoms with van der Waals surface area (Å²) >= 11 is 0. The Hall–Kier alpha value is -0.0800. The lowest BCUT2D eigenvalue weighted by Crippen LogP contribution is -2.30. The van der Waals surface area contributed by atoms with Crippen molar-refractivity contribution in [3.8, 4) is 0 Å². The van der Waals surface area contributed by atoms with Gasteiger partial charge in [-0.1, -0.05) is 6.92 Å². The molecule has 1 heterocycles. The van der Waals surface area contributed by atoms with Crippen LogP contribution in [-0.4, -0.2) is 49.6 Å². The molecule has 1 saturated heterocycles. The van der Waals surface area contributed by atoms with Crippen LogP contribution < -0.4 is 0 Å². The largest absolute Gasteiger partial charge is 0.306 e. The van der Waals surface area contributed by atoms with Gasteiger partial charge in [0.15, 0.2) is 0 Å². The first-order valence-corrected chi connectivity index (χ1v) is 4.62. The fourth-order valence-corrected chi connectivity index (χ4v) is 2.61. The molecule has 2 unspecified atom stereocenters. The summed E-state index contributed by atoms with van der Waals surface area (Å²) in [5.41, 5.74) is 0. The van der Waals surface area contributed by atoms with Gasteiger partial charge in [-0.05, 0) is 32.5 Å². The van der Waals surface area contributed by atoms with Crippen molar-refractivity contribution in [2.75, 3.05) is 33.7 Å². The molecule has 0 bridgehead atoms. The zero-order valence-corrected chi connectivity index (χ0v) is 7.75. The molecular weight excluding hydrogens is 136 g/mol. The minimum atomic E-state index is 0.915. The molecule has 0 radical (unpaired) electrons. The second-order valence-corrected chi connectivity index (χ2v) is 4.13. The number of fused-ring (bicyclic) bond motifs is 1. The van der Waals surface area contributed by atoms with E-state index in [1.807, 2.05) is 0 Å². The molecule has 2 rings (SSSR count). The summed E-state index contributed by atoms with van der Waals surface area (Å²) < 4.78 is 0. The molecule has 2 heteroatoms. The first kappa shape index (κ1) is 7.56. The Bertz CT molecular complexity index is 144. The molecule has 1 saturated carbocycles. The third-order valence-corrected chi connectivity index (χ3v) is 3.27. The average Bonchev–Trinajstić information content (AvgIpc) is 2.48. The Labute approximate surface area is 69.2 Å². The van der Waals surface area contributed by atoms with Crippen molar-refractivity contribution in [2.45, 2.75) is 13.0 Å². The lowest BCUT2D eigenvalue weighted by Gasteiger charge is -2.19. The van der Waals surface area contributed by atoms with Gasteiger partial charge in [-0.2, -0.15) is 0 Å². The maximum atomic E-state index is 2.56. The third-order valence-electron chi connectivity index (χ3n) is 3.27. The van der Waals surface area contributed by atoms with Gasteiger partial charge in [0.2, 0.25) is 0 Å². The zero-order valence-electron chi connectivity index (χ0n) is 7.75. The van der Waals surface area contributed by atoms with E-state index in [4.69, 9.17) is 0 Å². The molecule has 64 valence electrons. The highest BCUT2D eigenvalue weighted by molar-refractivity contribution is 5.09. The Balaban J connectivity index is 1.86. The first-order chi connectivity index (χ1) is 5.24. The fourth-order valence-electron chi connectivity index (χ4n) is 2.61. The van der Waals surface area contributed by atoms with Gasteiger partial charge in [0.1, 0.15) is 0 Å². The third kappa shape index (κ3) is 1.09. The Morgan fingerprint density at radius 1 is 1.27 bits per heavy atom. The van der Waals surface area contributed by atoms with Crippen molar-refractivity contribution in [3.05, 3.63) is 0 Å². The molecule has 1 aliphatic carbocycles. The lowest BCUT2D eigenvalue weighted by molar-refractivity contribution is 0.258. The predicted octanol–water partition coefficient (Wildman–Crippen LogP) is 0.498. The molecule has 0 aromatic carbocycles.